The van der Waals surface area contributed by atoms with Crippen molar-refractivity contribution >= 4 is 43.5 Å². The molecule has 0 aliphatic rings. The van der Waals surface area contributed by atoms with Crippen molar-refractivity contribution in [3.63, 3.8) is 0 Å². The number of para-hydroxylation sites is 2. The number of H-pyrrole nitrogens is 1. The maximum atomic E-state index is 13.7. The summed E-state index contributed by atoms with van der Waals surface area (Å²) in [6.45, 7) is 2.87. The molecule has 0 radical (unpaired) electrons. The van der Waals surface area contributed by atoms with Crippen molar-refractivity contribution in [2.24, 2.45) is 0 Å². The summed E-state index contributed by atoms with van der Waals surface area (Å²) in [6.07, 6.45) is 5.26. The first-order chi connectivity index (χ1) is 15.2. The lowest BCUT2D eigenvalue weighted by molar-refractivity contribution is 0.0986. The quantitative estimate of drug-likeness (QED) is 0.392. The molecule has 3 aromatic heterocycles. The molecule has 0 unspecified atom stereocenters. The van der Waals surface area contributed by atoms with Crippen LogP contribution in [-0.4, -0.2) is 27.5 Å². The van der Waals surface area contributed by atoms with Gasteiger partial charge in [-0.3, -0.25) is 14.7 Å². The van der Waals surface area contributed by atoms with E-state index in [2.05, 4.69) is 9.97 Å². The Morgan fingerprint density at radius 1 is 1.13 bits per heavy atom. The van der Waals surface area contributed by atoms with Gasteiger partial charge in [0.05, 0.1) is 23.4 Å². The molecule has 3 heterocycles. The number of hydrogen-bond donors (Lipinski definition) is 1. The molecule has 0 atom stereocenters. The number of nitrogens with zero attached hydrogens (tertiary/aromatic N) is 3. The third kappa shape index (κ3) is 3.64. The van der Waals surface area contributed by atoms with Crippen LogP contribution < -0.4 is 9.64 Å². The number of carbonyl (C=O) groups excluding carboxylic acids is 1. The number of amides is 1. The van der Waals surface area contributed by atoms with E-state index in [0.717, 1.165) is 32.4 Å². The van der Waals surface area contributed by atoms with Crippen LogP contribution in [0.3, 0.4) is 0 Å². The highest BCUT2D eigenvalue weighted by Crippen LogP contribution is 2.36. The summed E-state index contributed by atoms with van der Waals surface area (Å²) >= 11 is 1.48. The number of carbonyl (C=O) groups is 1. The topological polar surface area (TPSA) is 71.1 Å². The summed E-state index contributed by atoms with van der Waals surface area (Å²) < 4.78 is 6.72. The van der Waals surface area contributed by atoms with Gasteiger partial charge in [0.1, 0.15) is 11.3 Å². The third-order valence-corrected chi connectivity index (χ3v) is 6.07. The zero-order valence-corrected chi connectivity index (χ0v) is 17.7. The second kappa shape index (κ2) is 8.20. The first kappa shape index (κ1) is 19.3. The van der Waals surface area contributed by atoms with E-state index < -0.39 is 0 Å². The van der Waals surface area contributed by atoms with Gasteiger partial charge in [-0.1, -0.05) is 41.7 Å². The molecule has 6 nitrogen and oxygen atoms in total. The van der Waals surface area contributed by atoms with E-state index in [1.165, 1.54) is 11.3 Å². The first-order valence-corrected chi connectivity index (χ1v) is 10.9. The number of pyridine rings is 1. The van der Waals surface area contributed by atoms with Crippen LogP contribution in [0.2, 0.25) is 0 Å². The Bertz CT molecular complexity index is 1360. The van der Waals surface area contributed by atoms with Crippen LogP contribution in [0.25, 0.3) is 21.1 Å². The molecular weight excluding hydrogens is 408 g/mol. The number of fused-ring (bicyclic) bond motifs is 2. The fourth-order valence-electron chi connectivity index (χ4n) is 3.59. The monoisotopic (exact) mass is 428 g/mol. The van der Waals surface area contributed by atoms with E-state index in [4.69, 9.17) is 9.72 Å². The molecule has 1 N–H and O–H groups in total. The molecule has 154 valence electrons. The van der Waals surface area contributed by atoms with Gasteiger partial charge in [-0.15, -0.1) is 0 Å². The van der Waals surface area contributed by atoms with Crippen molar-refractivity contribution in [1.29, 1.82) is 0 Å². The molecule has 2 aromatic carbocycles. The molecule has 0 spiro atoms. The molecule has 5 rings (SSSR count). The highest BCUT2D eigenvalue weighted by molar-refractivity contribution is 7.22. The van der Waals surface area contributed by atoms with Crippen LogP contribution in [0.4, 0.5) is 5.13 Å². The van der Waals surface area contributed by atoms with Crippen LogP contribution in [0, 0.1) is 0 Å². The Labute approximate surface area is 183 Å². The number of anilines is 1. The van der Waals surface area contributed by atoms with E-state index >= 15 is 0 Å². The lowest BCUT2D eigenvalue weighted by atomic mass is 10.1. The van der Waals surface area contributed by atoms with Crippen LogP contribution in [0.5, 0.6) is 5.75 Å². The van der Waals surface area contributed by atoms with E-state index in [1.54, 1.807) is 23.5 Å². The second-order valence-corrected chi connectivity index (χ2v) is 8.04. The average Bonchev–Trinajstić information content (AvgIpc) is 3.43. The Morgan fingerprint density at radius 3 is 2.87 bits per heavy atom. The van der Waals surface area contributed by atoms with Crippen molar-refractivity contribution in [1.82, 2.24) is 15.0 Å². The first-order valence-electron chi connectivity index (χ1n) is 10.0. The molecule has 7 heteroatoms. The number of rotatable bonds is 6. The Morgan fingerprint density at radius 2 is 2.03 bits per heavy atom. The highest BCUT2D eigenvalue weighted by Gasteiger charge is 2.24. The molecule has 5 aromatic rings. The molecular formula is C24H20N4O2S. The maximum Gasteiger partial charge on any atom is 0.262 e. The predicted molar refractivity (Wildman–Crippen MR) is 124 cm³/mol. The number of benzene rings is 2. The summed E-state index contributed by atoms with van der Waals surface area (Å²) in [5, 5.41) is 1.51. The van der Waals surface area contributed by atoms with Gasteiger partial charge in [-0.05, 0) is 36.8 Å². The molecule has 0 saturated carbocycles. The number of thiazole rings is 1. The van der Waals surface area contributed by atoms with Crippen LogP contribution in [-0.2, 0) is 6.54 Å². The van der Waals surface area contributed by atoms with E-state index in [9.17, 15) is 4.79 Å². The normalized spacial score (nSPS) is 11.1. The fraction of sp³-hybridized carbons (Fsp3) is 0.125. The summed E-state index contributed by atoms with van der Waals surface area (Å²) in [5.41, 5.74) is 3.24. The van der Waals surface area contributed by atoms with Gasteiger partial charge < -0.3 is 9.72 Å². The zero-order valence-electron chi connectivity index (χ0n) is 16.9. The molecule has 31 heavy (non-hydrogen) atoms. The van der Waals surface area contributed by atoms with Gasteiger partial charge in [-0.25, -0.2) is 4.98 Å². The van der Waals surface area contributed by atoms with Gasteiger partial charge in [0.2, 0.25) is 0 Å². The van der Waals surface area contributed by atoms with Gasteiger partial charge in [0.15, 0.2) is 5.13 Å². The SMILES string of the molecule is CCOc1cccc2sc(N(Cc3cccnc3)C(=O)c3c[nH]c4ccccc34)nc12. The number of ether oxygens (including phenoxy) is 1. The van der Waals surface area contributed by atoms with Crippen molar-refractivity contribution in [3.8, 4) is 5.75 Å². The molecule has 1 amide bonds. The highest BCUT2D eigenvalue weighted by atomic mass is 32.1. The van der Waals surface area contributed by atoms with Gasteiger partial charge >= 0.3 is 0 Å². The van der Waals surface area contributed by atoms with Gasteiger partial charge in [0, 0.05) is 29.5 Å². The molecule has 0 saturated heterocycles. The van der Waals surface area contributed by atoms with E-state index in [0.29, 0.717) is 23.8 Å². The lowest BCUT2D eigenvalue weighted by Gasteiger charge is -2.19. The minimum Gasteiger partial charge on any atom is -0.492 e. The second-order valence-electron chi connectivity index (χ2n) is 7.03. The Kier molecular flexibility index (Phi) is 5.09. The zero-order chi connectivity index (χ0) is 21.2. The largest absolute Gasteiger partial charge is 0.492 e. The Balaban J connectivity index is 1.61. The van der Waals surface area contributed by atoms with Crippen LogP contribution in [0.1, 0.15) is 22.8 Å². The van der Waals surface area contributed by atoms with E-state index in [1.807, 2.05) is 61.5 Å². The minimum absolute atomic E-state index is 0.113. The fourth-order valence-corrected chi connectivity index (χ4v) is 4.57. The lowest BCUT2D eigenvalue weighted by Crippen LogP contribution is -2.30. The summed E-state index contributed by atoms with van der Waals surface area (Å²) in [4.78, 5) is 27.7. The van der Waals surface area contributed by atoms with Crippen molar-refractivity contribution in [2.45, 2.75) is 13.5 Å². The predicted octanol–water partition coefficient (Wildman–Crippen LogP) is 5.42. The average molecular weight is 429 g/mol. The summed E-state index contributed by atoms with van der Waals surface area (Å²) in [6, 6.07) is 17.5. The molecule has 0 aliphatic carbocycles. The Hall–Kier alpha value is -3.71. The molecule has 0 fully saturated rings. The molecule has 0 bridgehead atoms. The third-order valence-electron chi connectivity index (χ3n) is 5.03. The minimum atomic E-state index is -0.113. The van der Waals surface area contributed by atoms with Gasteiger partial charge in [-0.2, -0.15) is 0 Å². The number of nitrogens with one attached hydrogen (secondary N) is 1. The van der Waals surface area contributed by atoms with Crippen molar-refractivity contribution in [2.75, 3.05) is 11.5 Å². The maximum absolute atomic E-state index is 13.7. The van der Waals surface area contributed by atoms with Gasteiger partial charge in [0.25, 0.3) is 5.91 Å². The number of aromatic amines is 1. The number of aromatic nitrogens is 3. The number of hydrogen-bond acceptors (Lipinski definition) is 5. The van der Waals surface area contributed by atoms with Crippen molar-refractivity contribution < 1.29 is 9.53 Å². The summed E-state index contributed by atoms with van der Waals surface area (Å²) in [7, 11) is 0. The summed E-state index contributed by atoms with van der Waals surface area (Å²) in [5.74, 6) is 0.613. The van der Waals surface area contributed by atoms with E-state index in [-0.39, 0.29) is 5.91 Å². The standard InChI is InChI=1S/C24H20N4O2S/c1-2-30-20-10-5-11-21-22(20)27-24(31-21)28(15-16-7-6-12-25-13-16)23(29)18-14-26-19-9-4-3-8-17(18)19/h3-14,26H,2,15H2,1H3. The smallest absolute Gasteiger partial charge is 0.262 e. The van der Waals surface area contributed by atoms with Crippen LogP contribution >= 0.6 is 11.3 Å². The van der Waals surface area contributed by atoms with Crippen molar-refractivity contribution in [3.05, 3.63) is 84.3 Å². The molecule has 0 aliphatic heterocycles. The van der Waals surface area contributed by atoms with Crippen LogP contribution in [0.15, 0.2) is 73.2 Å².